The lowest BCUT2D eigenvalue weighted by atomic mass is 10.0. The molecule has 152 valence electrons. The second-order valence-corrected chi connectivity index (χ2v) is 6.74. The first-order valence-electron chi connectivity index (χ1n) is 14.5. The van der Waals surface area contributed by atoms with Crippen molar-refractivity contribution in [3.63, 3.8) is 0 Å². The number of aromatic nitrogens is 1. The number of carbonyl (C=O) groups excluding carboxylic acids is 1. The van der Waals surface area contributed by atoms with Crippen molar-refractivity contribution in [3.8, 4) is 0 Å². The Hall–Kier alpha value is -2.70. The molecule has 6 heteroatoms. The van der Waals surface area contributed by atoms with Crippen molar-refractivity contribution in [1.82, 2.24) is 4.98 Å². The highest BCUT2D eigenvalue weighted by Gasteiger charge is 2.08. The van der Waals surface area contributed by atoms with E-state index < -0.39 is 73.7 Å². The van der Waals surface area contributed by atoms with Crippen molar-refractivity contribution < 1.29 is 26.4 Å². The number of amides is 1. The minimum Gasteiger partial charge on any atom is -0.388 e. The Labute approximate surface area is 192 Å². The molecule has 0 unspecified atom stereocenters. The van der Waals surface area contributed by atoms with Gasteiger partial charge in [-0.25, -0.2) is 4.98 Å². The number of benzene rings is 2. The summed E-state index contributed by atoms with van der Waals surface area (Å²) in [6, 6.07) is 2.39. The van der Waals surface area contributed by atoms with Gasteiger partial charge in [0.2, 0.25) is 5.91 Å². The zero-order valence-corrected chi connectivity index (χ0v) is 16.3. The zero-order chi connectivity index (χ0) is 31.3. The van der Waals surface area contributed by atoms with Crippen LogP contribution >= 0.6 is 11.3 Å². The number of anilines is 2. The van der Waals surface area contributed by atoms with Crippen LogP contribution in [0.3, 0.4) is 0 Å². The highest BCUT2D eigenvalue weighted by molar-refractivity contribution is 7.13. The predicted molar refractivity (Wildman–Crippen MR) is 119 cm³/mol. The highest BCUT2D eigenvalue weighted by Crippen LogP contribution is 2.21. The van der Waals surface area contributed by atoms with Crippen LogP contribution in [0, 0.1) is 6.92 Å². The quantitative estimate of drug-likeness (QED) is 0.469. The first-order chi connectivity index (χ1) is 18.6. The maximum absolute atomic E-state index is 12.5. The van der Waals surface area contributed by atoms with Crippen molar-refractivity contribution in [3.05, 3.63) is 76.2 Å². The fourth-order valence-electron chi connectivity index (χ4n) is 2.18. The van der Waals surface area contributed by atoms with E-state index >= 15 is 0 Å². The van der Waals surface area contributed by atoms with Crippen molar-refractivity contribution in [1.29, 1.82) is 0 Å². The average molecular weight is 422 g/mol. The van der Waals surface area contributed by atoms with Gasteiger partial charge in [0.25, 0.3) is 0 Å². The number of carbonyl (C=O) groups is 1. The van der Waals surface area contributed by atoms with E-state index in [-0.39, 0.29) is 27.6 Å². The number of rotatable bonds is 9. The Morgan fingerprint density at radius 2 is 2.03 bits per heavy atom. The lowest BCUT2D eigenvalue weighted by molar-refractivity contribution is -0.115. The van der Waals surface area contributed by atoms with Gasteiger partial charge in [-0.05, 0) is 49.3 Å². The van der Waals surface area contributed by atoms with Gasteiger partial charge in [-0.2, -0.15) is 0 Å². The first kappa shape index (κ1) is 10.4. The molecular formula is C23H27N3O2S. The maximum atomic E-state index is 12.5. The number of aliphatic hydroxyl groups excluding tert-OH is 1. The van der Waals surface area contributed by atoms with Crippen molar-refractivity contribution in [2.75, 3.05) is 11.1 Å². The third-order valence-corrected chi connectivity index (χ3v) is 4.24. The SMILES string of the molecule is [2H]c1c([2H])c([C@@H](O)C([2H])([2H])CC([2H])([2H])C([2H])([2H])c2ccc(NC(=O)C([2H])([2H])c3csc(N)n3)cc2)c([2H])c([2H])c1C. The molecule has 2 aromatic carbocycles. The molecule has 0 fully saturated rings. The van der Waals surface area contributed by atoms with Gasteiger partial charge in [-0.1, -0.05) is 48.3 Å². The summed E-state index contributed by atoms with van der Waals surface area (Å²) in [5.41, 5.74) is 4.47. The molecule has 4 N–H and O–H groups in total. The smallest absolute Gasteiger partial charge is 0.230 e. The minimum atomic E-state index is -2.97. The number of thiazole rings is 1. The Bertz CT molecular complexity index is 1430. The fraction of sp³-hybridized carbons (Fsp3) is 0.304. The third kappa shape index (κ3) is 6.69. The molecule has 1 amide bonds. The molecule has 3 aromatic rings. The van der Waals surface area contributed by atoms with Crippen LogP contribution < -0.4 is 11.1 Å². The van der Waals surface area contributed by atoms with Crippen LogP contribution in [-0.4, -0.2) is 16.0 Å². The van der Waals surface area contributed by atoms with Crippen molar-refractivity contribution >= 4 is 28.1 Å². The number of nitrogens with zero attached hydrogens (tertiary/aromatic N) is 1. The molecule has 3 rings (SSSR count). The second-order valence-electron chi connectivity index (χ2n) is 5.85. The third-order valence-electron chi connectivity index (χ3n) is 3.57. The van der Waals surface area contributed by atoms with Crippen LogP contribution in [0.1, 0.15) is 64.1 Å². The van der Waals surface area contributed by atoms with Crippen LogP contribution in [0.4, 0.5) is 10.8 Å². The van der Waals surface area contributed by atoms with Gasteiger partial charge in [0, 0.05) is 22.0 Å². The molecule has 0 radical (unpaired) electrons. The van der Waals surface area contributed by atoms with E-state index in [4.69, 9.17) is 22.2 Å². The van der Waals surface area contributed by atoms with Gasteiger partial charge in [0.15, 0.2) is 5.13 Å². The second kappa shape index (κ2) is 10.2. The van der Waals surface area contributed by atoms with E-state index in [1.807, 2.05) is 0 Å². The molecule has 0 bridgehead atoms. The van der Waals surface area contributed by atoms with Gasteiger partial charge >= 0.3 is 0 Å². The maximum Gasteiger partial charge on any atom is 0.230 e. The predicted octanol–water partition coefficient (Wildman–Crippen LogP) is 4.66. The highest BCUT2D eigenvalue weighted by atomic mass is 32.1. The molecule has 0 aliphatic heterocycles. The summed E-state index contributed by atoms with van der Waals surface area (Å²) in [5, 5.41) is 14.5. The lowest BCUT2D eigenvalue weighted by Gasteiger charge is -2.11. The van der Waals surface area contributed by atoms with Gasteiger partial charge in [-0.15, -0.1) is 11.3 Å². The van der Waals surface area contributed by atoms with E-state index in [1.54, 1.807) is 0 Å². The number of aryl methyl sites for hydroxylation is 1. The van der Waals surface area contributed by atoms with E-state index in [1.165, 1.54) is 24.4 Å². The Morgan fingerprint density at radius 1 is 1.31 bits per heavy atom. The van der Waals surface area contributed by atoms with Gasteiger partial charge < -0.3 is 16.2 Å². The van der Waals surface area contributed by atoms with Crippen molar-refractivity contribution in [2.24, 2.45) is 0 Å². The van der Waals surface area contributed by atoms with Gasteiger partial charge in [0.1, 0.15) is 0 Å². The summed E-state index contributed by atoms with van der Waals surface area (Å²) in [4.78, 5) is 16.3. The molecule has 5 nitrogen and oxygen atoms in total. The van der Waals surface area contributed by atoms with Crippen LogP contribution in [0.25, 0.3) is 0 Å². The number of hydrogen-bond donors (Lipinski definition) is 3. The number of nitrogens with two attached hydrogens (primary N) is 1. The molecule has 1 atom stereocenters. The molecule has 0 aliphatic rings. The number of nitrogen functional groups attached to an aromatic ring is 1. The first-order valence-corrected chi connectivity index (χ1v) is 9.41. The number of nitrogens with one attached hydrogen (secondary N) is 1. The van der Waals surface area contributed by atoms with E-state index in [2.05, 4.69) is 10.3 Å². The summed E-state index contributed by atoms with van der Waals surface area (Å²) in [6.07, 6.45) is -14.8. The summed E-state index contributed by atoms with van der Waals surface area (Å²) in [7, 11) is 0. The van der Waals surface area contributed by atoms with Crippen LogP contribution in [-0.2, 0) is 17.5 Å². The molecule has 0 spiro atoms. The molecule has 0 saturated heterocycles. The van der Waals surface area contributed by atoms with Gasteiger partial charge in [-0.3, -0.25) is 4.79 Å². The summed E-state index contributed by atoms with van der Waals surface area (Å²) < 4.78 is 98.4. The van der Waals surface area contributed by atoms with Crippen LogP contribution in [0.15, 0.2) is 53.8 Å². The standard InChI is InChI=1S/C23H27N3O2S/c1-16-6-10-18(11-7-16)21(27)5-3-2-4-17-8-12-19(13-9-17)25-22(28)14-20-15-29-23(24)26-20/h6-13,15,21,27H,2-5,14H2,1H3,(H2,24,26)(H,25,28)/t21-/m0/s1/i2D2,4D2,5D2,6D,7D,10D,11D,14D2. The molecule has 29 heavy (non-hydrogen) atoms. The summed E-state index contributed by atoms with van der Waals surface area (Å²) in [5.74, 6) is -1.07. The number of aliphatic hydroxyl groups is 1. The van der Waals surface area contributed by atoms with E-state index in [9.17, 15) is 9.90 Å². The topological polar surface area (TPSA) is 88.2 Å². The van der Waals surface area contributed by atoms with Crippen molar-refractivity contribution in [2.45, 2.75) is 44.9 Å². The molecule has 0 saturated carbocycles. The fourth-order valence-corrected chi connectivity index (χ4v) is 2.67. The minimum absolute atomic E-state index is 0.00761. The molecule has 1 heterocycles. The summed E-state index contributed by atoms with van der Waals surface area (Å²) in [6.45, 7) is 1.34. The Morgan fingerprint density at radius 3 is 2.69 bits per heavy atom. The van der Waals surface area contributed by atoms with E-state index in [0.29, 0.717) is 0 Å². The zero-order valence-electron chi connectivity index (χ0n) is 27.5. The normalized spacial score (nSPS) is 19.9. The van der Waals surface area contributed by atoms with Crippen LogP contribution in [0.2, 0.25) is 0 Å². The van der Waals surface area contributed by atoms with Gasteiger partial charge in [0.05, 0.1) is 23.7 Å². The molecule has 0 aliphatic carbocycles. The van der Waals surface area contributed by atoms with Crippen LogP contribution in [0.5, 0.6) is 0 Å². The Balaban J connectivity index is 1.83. The molecular weight excluding hydrogens is 382 g/mol. The average Bonchev–Trinajstić information content (AvgIpc) is 3.33. The van der Waals surface area contributed by atoms with E-state index in [0.717, 1.165) is 23.5 Å². The lowest BCUT2D eigenvalue weighted by Crippen LogP contribution is -2.14. The largest absolute Gasteiger partial charge is 0.388 e. The molecule has 1 aromatic heterocycles. The Kier molecular flexibility index (Phi) is 3.64. The number of hydrogen-bond acceptors (Lipinski definition) is 5. The summed E-state index contributed by atoms with van der Waals surface area (Å²) >= 11 is 0.961. The monoisotopic (exact) mass is 421 g/mol.